The molecular weight excluding hydrogens is 296 g/mol. The van der Waals surface area contributed by atoms with Crippen LogP contribution in [-0.4, -0.2) is 14.7 Å². The lowest BCUT2D eigenvalue weighted by atomic mass is 10.1. The molecule has 21 heavy (non-hydrogen) atoms. The predicted molar refractivity (Wildman–Crippen MR) is 78.0 cm³/mol. The number of rotatable bonds is 4. The van der Waals surface area contributed by atoms with E-state index in [0.29, 0.717) is 5.69 Å². The second kappa shape index (κ2) is 5.81. The number of sulfone groups is 1. The maximum atomic E-state index is 13.6. The highest BCUT2D eigenvalue weighted by atomic mass is 32.2. The van der Waals surface area contributed by atoms with Crippen LogP contribution in [-0.2, 0) is 16.4 Å². The Hall–Kier alpha value is -1.95. The monoisotopic (exact) mass is 311 g/mol. The van der Waals surface area contributed by atoms with Crippen molar-refractivity contribution in [3.05, 3.63) is 59.2 Å². The number of nitrogens with one attached hydrogen (secondary N) is 1. The Morgan fingerprint density at radius 3 is 2.52 bits per heavy atom. The van der Waals surface area contributed by atoms with E-state index >= 15 is 0 Å². The van der Waals surface area contributed by atoms with Gasteiger partial charge in [0.1, 0.15) is 0 Å². The van der Waals surface area contributed by atoms with Crippen molar-refractivity contribution in [1.29, 1.82) is 0 Å². The lowest BCUT2D eigenvalue weighted by molar-refractivity contribution is 0.500. The average molecular weight is 311 g/mol. The van der Waals surface area contributed by atoms with Gasteiger partial charge in [-0.3, -0.25) is 0 Å². The molecule has 0 bridgehead atoms. The summed E-state index contributed by atoms with van der Waals surface area (Å²) in [7, 11) is -3.31. The van der Waals surface area contributed by atoms with Crippen LogP contribution in [0.25, 0.3) is 0 Å². The summed E-state index contributed by atoms with van der Waals surface area (Å²) in [6, 6.07) is 8.62. The quantitative estimate of drug-likeness (QED) is 0.942. The van der Waals surface area contributed by atoms with Crippen molar-refractivity contribution in [3.63, 3.8) is 0 Å². The molecule has 0 aliphatic heterocycles. The van der Waals surface area contributed by atoms with Gasteiger partial charge in [-0.1, -0.05) is 18.2 Å². The fraction of sp³-hybridized carbons (Fsp3) is 0.200. The first-order valence-electron chi connectivity index (χ1n) is 6.26. The summed E-state index contributed by atoms with van der Waals surface area (Å²) in [4.78, 5) is 0.176. The van der Waals surface area contributed by atoms with Crippen molar-refractivity contribution < 1.29 is 17.2 Å². The Labute approximate surface area is 122 Å². The van der Waals surface area contributed by atoms with Crippen LogP contribution in [0.2, 0.25) is 0 Å². The Bertz CT molecular complexity index is 773. The van der Waals surface area contributed by atoms with Crippen molar-refractivity contribution >= 4 is 15.5 Å². The molecule has 0 spiro atoms. The predicted octanol–water partition coefficient (Wildman–Crippen LogP) is 3.29. The molecular formula is C15H15F2NO2S. The highest BCUT2D eigenvalue weighted by Crippen LogP contribution is 2.21. The zero-order valence-corrected chi connectivity index (χ0v) is 12.5. The summed E-state index contributed by atoms with van der Waals surface area (Å²) in [5, 5.41) is 2.94. The van der Waals surface area contributed by atoms with E-state index in [-0.39, 0.29) is 17.0 Å². The highest BCUT2D eigenvalue weighted by molar-refractivity contribution is 7.90. The van der Waals surface area contributed by atoms with Gasteiger partial charge in [-0.25, -0.2) is 17.2 Å². The molecule has 0 saturated heterocycles. The molecule has 112 valence electrons. The Morgan fingerprint density at radius 1 is 1.14 bits per heavy atom. The molecule has 1 N–H and O–H groups in total. The van der Waals surface area contributed by atoms with Gasteiger partial charge in [-0.2, -0.15) is 0 Å². The third-order valence-corrected chi connectivity index (χ3v) is 4.25. The molecule has 6 heteroatoms. The molecule has 3 nitrogen and oxygen atoms in total. The number of benzene rings is 2. The topological polar surface area (TPSA) is 46.2 Å². The van der Waals surface area contributed by atoms with Crippen LogP contribution in [0.3, 0.4) is 0 Å². The average Bonchev–Trinajstić information content (AvgIpc) is 2.40. The fourth-order valence-electron chi connectivity index (χ4n) is 1.90. The molecule has 0 saturated carbocycles. The van der Waals surface area contributed by atoms with Crippen LogP contribution in [0.1, 0.15) is 11.1 Å². The summed E-state index contributed by atoms with van der Waals surface area (Å²) in [6.45, 7) is 1.87. The SMILES string of the molecule is Cc1ccc(S(C)(=O)=O)cc1NCc1cccc(F)c1F. The summed E-state index contributed by atoms with van der Waals surface area (Å²) in [5.41, 5.74) is 1.57. The first kappa shape index (κ1) is 15.4. The van der Waals surface area contributed by atoms with Crippen molar-refractivity contribution in [2.45, 2.75) is 18.4 Å². The molecule has 0 unspecified atom stereocenters. The molecule has 2 rings (SSSR count). The minimum absolute atomic E-state index is 0.0671. The van der Waals surface area contributed by atoms with Crippen molar-refractivity contribution in [1.82, 2.24) is 0 Å². The van der Waals surface area contributed by atoms with Gasteiger partial charge in [0.25, 0.3) is 0 Å². The maximum Gasteiger partial charge on any atom is 0.175 e. The highest BCUT2D eigenvalue weighted by Gasteiger charge is 2.11. The normalized spacial score (nSPS) is 11.4. The number of hydrogen-bond acceptors (Lipinski definition) is 3. The number of anilines is 1. The molecule has 0 amide bonds. The van der Waals surface area contributed by atoms with Gasteiger partial charge in [0.15, 0.2) is 21.5 Å². The molecule has 0 heterocycles. The largest absolute Gasteiger partial charge is 0.381 e. The van der Waals surface area contributed by atoms with E-state index in [4.69, 9.17) is 0 Å². The summed E-state index contributed by atoms with van der Waals surface area (Å²) < 4.78 is 49.7. The smallest absolute Gasteiger partial charge is 0.175 e. The van der Waals surface area contributed by atoms with E-state index < -0.39 is 21.5 Å². The van der Waals surface area contributed by atoms with E-state index in [0.717, 1.165) is 17.9 Å². The van der Waals surface area contributed by atoms with Gasteiger partial charge in [0.2, 0.25) is 0 Å². The standard InChI is InChI=1S/C15H15F2NO2S/c1-10-6-7-12(21(2,19)20)8-14(10)18-9-11-4-3-5-13(16)15(11)17/h3-8,18H,9H2,1-2H3. The second-order valence-electron chi connectivity index (χ2n) is 4.82. The minimum Gasteiger partial charge on any atom is -0.381 e. The lowest BCUT2D eigenvalue weighted by Crippen LogP contribution is -2.06. The van der Waals surface area contributed by atoms with Gasteiger partial charge < -0.3 is 5.32 Å². The van der Waals surface area contributed by atoms with Crippen LogP contribution >= 0.6 is 0 Å². The Balaban J connectivity index is 2.26. The van der Waals surface area contributed by atoms with Gasteiger partial charge >= 0.3 is 0 Å². The van der Waals surface area contributed by atoms with Crippen molar-refractivity contribution in [2.75, 3.05) is 11.6 Å². The first-order chi connectivity index (χ1) is 9.79. The van der Waals surface area contributed by atoms with Crippen LogP contribution in [0.4, 0.5) is 14.5 Å². The van der Waals surface area contributed by atoms with Crippen LogP contribution in [0.5, 0.6) is 0 Å². The molecule has 0 fully saturated rings. The van der Waals surface area contributed by atoms with E-state index in [9.17, 15) is 17.2 Å². The van der Waals surface area contributed by atoms with E-state index in [1.165, 1.54) is 24.3 Å². The third kappa shape index (κ3) is 3.58. The second-order valence-corrected chi connectivity index (χ2v) is 6.83. The van der Waals surface area contributed by atoms with Crippen LogP contribution < -0.4 is 5.32 Å². The van der Waals surface area contributed by atoms with Gasteiger partial charge in [-0.15, -0.1) is 0 Å². The molecule has 0 radical (unpaired) electrons. The summed E-state index contributed by atoms with van der Waals surface area (Å²) in [6.07, 6.45) is 1.12. The summed E-state index contributed by atoms with van der Waals surface area (Å²) in [5.74, 6) is -1.81. The Morgan fingerprint density at radius 2 is 1.86 bits per heavy atom. The van der Waals surface area contributed by atoms with Crippen molar-refractivity contribution in [2.24, 2.45) is 0 Å². The van der Waals surface area contributed by atoms with Crippen LogP contribution in [0.15, 0.2) is 41.3 Å². The Kier molecular flexibility index (Phi) is 4.27. The van der Waals surface area contributed by atoms with Crippen LogP contribution in [0, 0.1) is 18.6 Å². The van der Waals surface area contributed by atoms with Gasteiger partial charge in [0.05, 0.1) is 4.90 Å². The fourth-order valence-corrected chi connectivity index (χ4v) is 2.54. The lowest BCUT2D eigenvalue weighted by Gasteiger charge is -2.12. The van der Waals surface area contributed by atoms with E-state index in [2.05, 4.69) is 5.32 Å². The third-order valence-electron chi connectivity index (χ3n) is 3.14. The minimum atomic E-state index is -3.31. The molecule has 0 aromatic heterocycles. The molecule has 2 aromatic rings. The van der Waals surface area contributed by atoms with Crippen molar-refractivity contribution in [3.8, 4) is 0 Å². The molecule has 0 atom stereocenters. The number of hydrogen-bond donors (Lipinski definition) is 1. The van der Waals surface area contributed by atoms with E-state index in [1.807, 2.05) is 0 Å². The van der Waals surface area contributed by atoms with Gasteiger partial charge in [0, 0.05) is 24.1 Å². The maximum absolute atomic E-state index is 13.6. The summed E-state index contributed by atoms with van der Waals surface area (Å²) >= 11 is 0. The molecule has 0 aliphatic carbocycles. The number of aryl methyl sites for hydroxylation is 1. The molecule has 2 aromatic carbocycles. The van der Waals surface area contributed by atoms with Gasteiger partial charge in [-0.05, 0) is 30.7 Å². The first-order valence-corrected chi connectivity index (χ1v) is 8.15. The zero-order valence-electron chi connectivity index (χ0n) is 11.7. The zero-order chi connectivity index (χ0) is 15.6. The number of halogens is 2. The molecule has 0 aliphatic rings. The van der Waals surface area contributed by atoms with E-state index in [1.54, 1.807) is 13.0 Å².